The van der Waals surface area contributed by atoms with Crippen molar-refractivity contribution < 1.29 is 4.79 Å². The number of ketones is 1. The van der Waals surface area contributed by atoms with E-state index in [1.165, 1.54) is 0 Å². The molecule has 0 amide bonds. The molecule has 0 saturated carbocycles. The van der Waals surface area contributed by atoms with Crippen LogP contribution in [0.1, 0.15) is 11.1 Å². The molecule has 6 aromatic rings. The van der Waals surface area contributed by atoms with Crippen LogP contribution < -0.4 is 0 Å². The minimum absolute atomic E-state index is 0.0755. The van der Waals surface area contributed by atoms with Crippen LogP contribution >= 0.6 is 0 Å². The molecule has 0 saturated heterocycles. The lowest BCUT2D eigenvalue weighted by molar-refractivity contribution is -0.110. The van der Waals surface area contributed by atoms with Crippen molar-refractivity contribution in [3.63, 3.8) is 0 Å². The first-order valence-corrected chi connectivity index (χ1v) is 12.5. The van der Waals surface area contributed by atoms with E-state index in [0.29, 0.717) is 0 Å². The minimum atomic E-state index is -0.0755. The SMILES string of the molecule is O=C(C=Cc1cccc(-c2ccc3ccccc3n2)c1)C=Cc1cccc(-c2ccc3ccccc3n2)c1. The average Bonchev–Trinajstić information content (AvgIpc) is 2.99. The van der Waals surface area contributed by atoms with Gasteiger partial charge in [-0.15, -0.1) is 0 Å². The quantitative estimate of drug-likeness (QED) is 0.221. The van der Waals surface area contributed by atoms with E-state index in [9.17, 15) is 4.79 Å². The fourth-order valence-electron chi connectivity index (χ4n) is 4.47. The fraction of sp³-hybridized carbons (Fsp3) is 0. The van der Waals surface area contributed by atoms with E-state index >= 15 is 0 Å². The maximum Gasteiger partial charge on any atom is 0.178 e. The Bertz CT molecular complexity index is 1710. The third-order valence-corrected chi connectivity index (χ3v) is 6.44. The van der Waals surface area contributed by atoms with Gasteiger partial charge in [0.05, 0.1) is 22.4 Å². The highest BCUT2D eigenvalue weighted by atomic mass is 16.1. The Morgan fingerprint density at radius 3 is 1.47 bits per heavy atom. The van der Waals surface area contributed by atoms with E-state index in [-0.39, 0.29) is 5.78 Å². The van der Waals surface area contributed by atoms with Crippen molar-refractivity contribution in [3.05, 3.63) is 145 Å². The topological polar surface area (TPSA) is 42.9 Å². The number of allylic oxidation sites excluding steroid dienone is 2. The largest absolute Gasteiger partial charge is 0.290 e. The van der Waals surface area contributed by atoms with Gasteiger partial charge < -0.3 is 0 Å². The summed E-state index contributed by atoms with van der Waals surface area (Å²) in [7, 11) is 0. The van der Waals surface area contributed by atoms with Crippen LogP contribution in [0.15, 0.2) is 133 Å². The van der Waals surface area contributed by atoms with E-state index in [1.807, 2.05) is 109 Å². The smallest absolute Gasteiger partial charge is 0.178 e. The predicted molar refractivity (Wildman–Crippen MR) is 157 cm³/mol. The van der Waals surface area contributed by atoms with Crippen molar-refractivity contribution in [3.8, 4) is 22.5 Å². The molecule has 2 heterocycles. The van der Waals surface area contributed by atoms with Gasteiger partial charge in [-0.3, -0.25) is 4.79 Å². The molecule has 2 aromatic heterocycles. The van der Waals surface area contributed by atoms with Crippen LogP contribution in [0.5, 0.6) is 0 Å². The second kappa shape index (κ2) is 10.5. The zero-order valence-corrected chi connectivity index (χ0v) is 20.7. The monoisotopic (exact) mass is 488 g/mol. The Morgan fingerprint density at radius 2 is 0.974 bits per heavy atom. The van der Waals surface area contributed by atoms with E-state index in [0.717, 1.165) is 55.4 Å². The molecule has 0 fully saturated rings. The third kappa shape index (κ3) is 5.18. The summed E-state index contributed by atoms with van der Waals surface area (Å²) >= 11 is 0. The first-order chi connectivity index (χ1) is 18.7. The Balaban J connectivity index is 1.17. The summed E-state index contributed by atoms with van der Waals surface area (Å²) in [5.41, 5.74) is 7.67. The van der Waals surface area contributed by atoms with E-state index in [1.54, 1.807) is 12.2 Å². The molecular formula is C35H24N2O. The van der Waals surface area contributed by atoms with Crippen LogP contribution in [0.3, 0.4) is 0 Å². The summed E-state index contributed by atoms with van der Waals surface area (Å²) in [5.74, 6) is -0.0755. The summed E-state index contributed by atoms with van der Waals surface area (Å²) in [4.78, 5) is 22.2. The molecule has 0 aliphatic heterocycles. The lowest BCUT2D eigenvalue weighted by atomic mass is 10.0. The lowest BCUT2D eigenvalue weighted by Gasteiger charge is -2.04. The van der Waals surface area contributed by atoms with Gasteiger partial charge in [0.15, 0.2) is 5.78 Å². The molecule has 180 valence electrons. The summed E-state index contributed by atoms with van der Waals surface area (Å²) in [5, 5.41) is 2.23. The van der Waals surface area contributed by atoms with Crippen LogP contribution in [-0.4, -0.2) is 15.8 Å². The number of benzene rings is 4. The average molecular weight is 489 g/mol. The van der Waals surface area contributed by atoms with Crippen LogP contribution in [0, 0.1) is 0 Å². The van der Waals surface area contributed by atoms with Gasteiger partial charge in [0.1, 0.15) is 0 Å². The minimum Gasteiger partial charge on any atom is -0.290 e. The van der Waals surface area contributed by atoms with E-state index in [4.69, 9.17) is 9.97 Å². The van der Waals surface area contributed by atoms with Gasteiger partial charge in [-0.1, -0.05) is 97.1 Å². The number of carbonyl (C=O) groups excluding carboxylic acids is 1. The van der Waals surface area contributed by atoms with Gasteiger partial charge in [-0.2, -0.15) is 0 Å². The number of hydrogen-bond donors (Lipinski definition) is 0. The van der Waals surface area contributed by atoms with Crippen molar-refractivity contribution in [2.24, 2.45) is 0 Å². The number of aromatic nitrogens is 2. The van der Waals surface area contributed by atoms with Gasteiger partial charge in [0.2, 0.25) is 0 Å². The molecule has 3 nitrogen and oxygen atoms in total. The molecule has 0 unspecified atom stereocenters. The van der Waals surface area contributed by atoms with Crippen molar-refractivity contribution in [2.45, 2.75) is 0 Å². The molecule has 0 atom stereocenters. The van der Waals surface area contributed by atoms with Crippen LogP contribution in [0.25, 0.3) is 56.5 Å². The summed E-state index contributed by atoms with van der Waals surface area (Å²) in [6, 6.07) is 40.5. The number of rotatable bonds is 6. The van der Waals surface area contributed by atoms with Crippen molar-refractivity contribution in [1.29, 1.82) is 0 Å². The summed E-state index contributed by atoms with van der Waals surface area (Å²) in [6.07, 6.45) is 6.87. The normalized spacial score (nSPS) is 11.6. The van der Waals surface area contributed by atoms with Gasteiger partial charge in [-0.25, -0.2) is 9.97 Å². The van der Waals surface area contributed by atoms with Gasteiger partial charge in [0.25, 0.3) is 0 Å². The molecule has 6 rings (SSSR count). The molecule has 0 N–H and O–H groups in total. The summed E-state index contributed by atoms with van der Waals surface area (Å²) in [6.45, 7) is 0. The van der Waals surface area contributed by atoms with Crippen molar-refractivity contribution in [1.82, 2.24) is 9.97 Å². The number of para-hydroxylation sites is 2. The number of pyridine rings is 2. The maximum atomic E-state index is 12.6. The number of nitrogens with zero attached hydrogens (tertiary/aromatic N) is 2. The van der Waals surface area contributed by atoms with Crippen LogP contribution in [0.4, 0.5) is 0 Å². The zero-order valence-electron chi connectivity index (χ0n) is 20.7. The fourth-order valence-corrected chi connectivity index (χ4v) is 4.47. The Labute approximate surface area is 221 Å². The van der Waals surface area contributed by atoms with Gasteiger partial charge in [-0.05, 0) is 59.7 Å². The van der Waals surface area contributed by atoms with E-state index in [2.05, 4.69) is 24.3 Å². The third-order valence-electron chi connectivity index (χ3n) is 6.44. The first-order valence-electron chi connectivity index (χ1n) is 12.5. The van der Waals surface area contributed by atoms with Gasteiger partial charge in [0, 0.05) is 21.9 Å². The number of carbonyl (C=O) groups is 1. The molecule has 3 heteroatoms. The highest BCUT2D eigenvalue weighted by molar-refractivity contribution is 6.04. The van der Waals surface area contributed by atoms with E-state index < -0.39 is 0 Å². The van der Waals surface area contributed by atoms with Crippen LogP contribution in [0.2, 0.25) is 0 Å². The molecular weight excluding hydrogens is 464 g/mol. The van der Waals surface area contributed by atoms with Crippen molar-refractivity contribution in [2.75, 3.05) is 0 Å². The highest BCUT2D eigenvalue weighted by Gasteiger charge is 2.04. The lowest BCUT2D eigenvalue weighted by Crippen LogP contribution is -1.88. The zero-order chi connectivity index (χ0) is 25.7. The van der Waals surface area contributed by atoms with Crippen LogP contribution in [-0.2, 0) is 4.79 Å². The molecule has 0 spiro atoms. The first kappa shape index (κ1) is 23.3. The molecule has 0 aliphatic carbocycles. The molecule has 38 heavy (non-hydrogen) atoms. The van der Waals surface area contributed by atoms with Crippen molar-refractivity contribution >= 4 is 39.7 Å². The van der Waals surface area contributed by atoms with Gasteiger partial charge >= 0.3 is 0 Å². The second-order valence-electron chi connectivity index (χ2n) is 9.10. The molecule has 4 aromatic carbocycles. The standard InChI is InChI=1S/C35H24N2O/c38-31(19-15-25-7-5-11-29(23-25)34-21-17-27-9-1-3-13-32(27)36-34)20-16-26-8-6-12-30(24-26)35-22-18-28-10-2-4-14-33(28)37-35/h1-24H. The Hall–Kier alpha value is -5.15. The summed E-state index contributed by atoms with van der Waals surface area (Å²) < 4.78 is 0. The highest BCUT2D eigenvalue weighted by Crippen LogP contribution is 2.24. The second-order valence-corrected chi connectivity index (χ2v) is 9.10. The molecule has 0 radical (unpaired) electrons. The Morgan fingerprint density at radius 1 is 0.500 bits per heavy atom. The predicted octanol–water partition coefficient (Wildman–Crippen LogP) is 8.41. The molecule has 0 aliphatic rings. The number of hydrogen-bond acceptors (Lipinski definition) is 3. The Kier molecular flexibility index (Phi) is 6.40. The molecule has 0 bridgehead atoms. The maximum absolute atomic E-state index is 12.6. The number of fused-ring (bicyclic) bond motifs is 2.